The summed E-state index contributed by atoms with van der Waals surface area (Å²) in [7, 11) is 1.68. The maximum Gasteiger partial charge on any atom is 0.207 e. The lowest BCUT2D eigenvalue weighted by Crippen LogP contribution is -2.07. The van der Waals surface area contributed by atoms with E-state index in [2.05, 4.69) is 26.2 Å². The maximum absolute atomic E-state index is 6.04. The summed E-state index contributed by atoms with van der Waals surface area (Å²) in [6, 6.07) is 5.68. The van der Waals surface area contributed by atoms with Crippen LogP contribution in [0.15, 0.2) is 35.1 Å². The lowest BCUT2D eigenvalue weighted by atomic mass is 10.3. The Morgan fingerprint density at radius 2 is 2.33 bits per heavy atom. The second-order valence-electron chi connectivity index (χ2n) is 3.69. The first-order valence-electron chi connectivity index (χ1n) is 5.43. The van der Waals surface area contributed by atoms with E-state index in [1.807, 2.05) is 29.0 Å². The van der Waals surface area contributed by atoms with Gasteiger partial charge in [0.25, 0.3) is 0 Å². The van der Waals surface area contributed by atoms with E-state index in [-0.39, 0.29) is 0 Å². The molecule has 1 aromatic carbocycles. The molecule has 6 heteroatoms. The van der Waals surface area contributed by atoms with Crippen LogP contribution in [-0.4, -0.2) is 23.3 Å². The van der Waals surface area contributed by atoms with Crippen molar-refractivity contribution in [1.82, 2.24) is 9.55 Å². The van der Waals surface area contributed by atoms with Crippen LogP contribution < -0.4 is 5.32 Å². The average molecular weight is 331 g/mol. The number of hydrogen-bond donors (Lipinski definition) is 1. The molecule has 0 aliphatic heterocycles. The minimum atomic E-state index is 0.645. The van der Waals surface area contributed by atoms with Crippen molar-refractivity contribution in [3.05, 3.63) is 40.1 Å². The van der Waals surface area contributed by atoms with E-state index in [4.69, 9.17) is 16.3 Å². The van der Waals surface area contributed by atoms with Gasteiger partial charge in [0.15, 0.2) is 0 Å². The molecule has 0 spiro atoms. The fourth-order valence-electron chi connectivity index (χ4n) is 1.51. The van der Waals surface area contributed by atoms with Gasteiger partial charge in [-0.3, -0.25) is 0 Å². The average Bonchev–Trinajstić information content (AvgIpc) is 2.79. The monoisotopic (exact) mass is 329 g/mol. The van der Waals surface area contributed by atoms with E-state index in [0.29, 0.717) is 11.6 Å². The molecule has 18 heavy (non-hydrogen) atoms. The SMILES string of the molecule is COCCn1ccnc1Nc1ccc(Br)c(Cl)c1. The smallest absolute Gasteiger partial charge is 0.207 e. The number of methoxy groups -OCH3 is 1. The quantitative estimate of drug-likeness (QED) is 0.909. The molecule has 0 saturated heterocycles. The third kappa shape index (κ3) is 3.25. The number of halogens is 2. The van der Waals surface area contributed by atoms with E-state index >= 15 is 0 Å². The molecule has 0 unspecified atom stereocenters. The molecular weight excluding hydrogens is 318 g/mol. The summed E-state index contributed by atoms with van der Waals surface area (Å²) in [6.45, 7) is 1.40. The van der Waals surface area contributed by atoms with Crippen LogP contribution in [0.2, 0.25) is 5.02 Å². The van der Waals surface area contributed by atoms with Crippen molar-refractivity contribution in [2.45, 2.75) is 6.54 Å². The number of nitrogens with one attached hydrogen (secondary N) is 1. The molecule has 0 aliphatic rings. The summed E-state index contributed by atoms with van der Waals surface area (Å²) in [4.78, 5) is 4.26. The summed E-state index contributed by atoms with van der Waals surface area (Å²) in [6.07, 6.45) is 3.65. The number of anilines is 2. The number of hydrogen-bond acceptors (Lipinski definition) is 3. The molecule has 96 valence electrons. The highest BCUT2D eigenvalue weighted by Gasteiger charge is 2.04. The molecule has 0 fully saturated rings. The Hall–Kier alpha value is -1.04. The first-order valence-corrected chi connectivity index (χ1v) is 6.60. The molecule has 0 saturated carbocycles. The van der Waals surface area contributed by atoms with E-state index < -0.39 is 0 Å². The molecule has 0 bridgehead atoms. The van der Waals surface area contributed by atoms with Gasteiger partial charge in [-0.2, -0.15) is 0 Å². The van der Waals surface area contributed by atoms with E-state index in [0.717, 1.165) is 22.7 Å². The first kappa shape index (κ1) is 13.4. The number of aromatic nitrogens is 2. The Bertz CT molecular complexity index is 530. The highest BCUT2D eigenvalue weighted by Crippen LogP contribution is 2.26. The molecule has 0 amide bonds. The van der Waals surface area contributed by atoms with Crippen LogP contribution in [0, 0.1) is 0 Å². The van der Waals surface area contributed by atoms with Crippen molar-refractivity contribution in [1.29, 1.82) is 0 Å². The second kappa shape index (κ2) is 6.22. The predicted molar refractivity (Wildman–Crippen MR) is 76.5 cm³/mol. The predicted octanol–water partition coefficient (Wildman–Crippen LogP) is 3.69. The minimum absolute atomic E-state index is 0.645. The Labute approximate surface area is 119 Å². The molecule has 4 nitrogen and oxygen atoms in total. The topological polar surface area (TPSA) is 39.1 Å². The molecule has 1 heterocycles. The zero-order chi connectivity index (χ0) is 13.0. The summed E-state index contributed by atoms with van der Waals surface area (Å²) in [5, 5.41) is 3.88. The molecular formula is C12H13BrClN3O. The van der Waals surface area contributed by atoms with Crippen LogP contribution in [0.4, 0.5) is 11.6 Å². The van der Waals surface area contributed by atoms with E-state index in [9.17, 15) is 0 Å². The Balaban J connectivity index is 2.13. The van der Waals surface area contributed by atoms with Gasteiger partial charge in [0.2, 0.25) is 5.95 Å². The Morgan fingerprint density at radius 1 is 1.50 bits per heavy atom. The van der Waals surface area contributed by atoms with Crippen molar-refractivity contribution >= 4 is 39.2 Å². The number of imidazole rings is 1. The van der Waals surface area contributed by atoms with Crippen molar-refractivity contribution in [2.75, 3.05) is 19.0 Å². The van der Waals surface area contributed by atoms with Crippen molar-refractivity contribution in [3.63, 3.8) is 0 Å². The van der Waals surface area contributed by atoms with Gasteiger partial charge in [0.1, 0.15) is 0 Å². The van der Waals surface area contributed by atoms with Gasteiger partial charge in [0, 0.05) is 36.2 Å². The lowest BCUT2D eigenvalue weighted by molar-refractivity contribution is 0.188. The van der Waals surface area contributed by atoms with Crippen LogP contribution in [0.3, 0.4) is 0 Å². The first-order chi connectivity index (χ1) is 8.70. The third-order valence-corrected chi connectivity index (χ3v) is 3.66. The number of rotatable bonds is 5. The highest BCUT2D eigenvalue weighted by molar-refractivity contribution is 9.10. The maximum atomic E-state index is 6.04. The largest absolute Gasteiger partial charge is 0.383 e. The van der Waals surface area contributed by atoms with Gasteiger partial charge in [-0.05, 0) is 34.1 Å². The molecule has 1 aromatic heterocycles. The van der Waals surface area contributed by atoms with Gasteiger partial charge in [0.05, 0.1) is 11.6 Å². The fourth-order valence-corrected chi connectivity index (χ4v) is 1.93. The van der Waals surface area contributed by atoms with Crippen LogP contribution in [0.1, 0.15) is 0 Å². The highest BCUT2D eigenvalue weighted by atomic mass is 79.9. The van der Waals surface area contributed by atoms with Crippen LogP contribution in [0.5, 0.6) is 0 Å². The zero-order valence-electron chi connectivity index (χ0n) is 9.86. The molecule has 0 atom stereocenters. The zero-order valence-corrected chi connectivity index (χ0v) is 12.2. The summed E-state index contributed by atoms with van der Waals surface area (Å²) in [5.74, 6) is 0.769. The van der Waals surface area contributed by atoms with Crippen LogP contribution >= 0.6 is 27.5 Å². The second-order valence-corrected chi connectivity index (χ2v) is 4.95. The van der Waals surface area contributed by atoms with Gasteiger partial charge in [-0.1, -0.05) is 11.6 Å². The standard InChI is InChI=1S/C12H13BrClN3O/c1-18-7-6-17-5-4-15-12(17)16-9-2-3-10(13)11(14)8-9/h2-5,8H,6-7H2,1H3,(H,15,16). The molecule has 0 radical (unpaired) electrons. The summed E-state index contributed by atoms with van der Waals surface area (Å²) in [5.41, 5.74) is 0.896. The van der Waals surface area contributed by atoms with Crippen molar-refractivity contribution in [3.8, 4) is 0 Å². The lowest BCUT2D eigenvalue weighted by Gasteiger charge is -2.10. The van der Waals surface area contributed by atoms with Gasteiger partial charge in [-0.25, -0.2) is 4.98 Å². The Kier molecular flexibility index (Phi) is 4.63. The van der Waals surface area contributed by atoms with Crippen molar-refractivity contribution in [2.24, 2.45) is 0 Å². The normalized spacial score (nSPS) is 10.6. The molecule has 2 rings (SSSR count). The summed E-state index contributed by atoms with van der Waals surface area (Å²) >= 11 is 9.40. The van der Waals surface area contributed by atoms with E-state index in [1.165, 1.54) is 0 Å². The molecule has 1 N–H and O–H groups in total. The van der Waals surface area contributed by atoms with Crippen LogP contribution in [-0.2, 0) is 11.3 Å². The molecule has 2 aromatic rings. The fraction of sp³-hybridized carbons (Fsp3) is 0.250. The molecule has 0 aliphatic carbocycles. The minimum Gasteiger partial charge on any atom is -0.383 e. The van der Waals surface area contributed by atoms with Crippen LogP contribution in [0.25, 0.3) is 0 Å². The van der Waals surface area contributed by atoms with Gasteiger partial charge in [-0.15, -0.1) is 0 Å². The number of ether oxygens (including phenoxy) is 1. The van der Waals surface area contributed by atoms with Gasteiger partial charge < -0.3 is 14.6 Å². The number of benzene rings is 1. The Morgan fingerprint density at radius 3 is 3.06 bits per heavy atom. The summed E-state index contributed by atoms with van der Waals surface area (Å²) < 4.78 is 7.91. The van der Waals surface area contributed by atoms with E-state index in [1.54, 1.807) is 13.3 Å². The third-order valence-electron chi connectivity index (χ3n) is 2.43. The number of nitrogens with zero attached hydrogens (tertiary/aromatic N) is 2. The van der Waals surface area contributed by atoms with Gasteiger partial charge >= 0.3 is 0 Å². The van der Waals surface area contributed by atoms with Crippen molar-refractivity contribution < 1.29 is 4.74 Å².